The molecule has 26 nitrogen and oxygen atoms in total. The summed E-state index contributed by atoms with van der Waals surface area (Å²) < 4.78 is 41.6. The van der Waals surface area contributed by atoms with Crippen molar-refractivity contribution in [2.75, 3.05) is 39.5 Å². The van der Waals surface area contributed by atoms with Crippen LogP contribution in [0.3, 0.4) is 0 Å². The Morgan fingerprint density at radius 2 is 0.802 bits per heavy atom. The maximum Gasteiger partial charge on any atom is 0.315 e. The third-order valence-corrected chi connectivity index (χ3v) is 36.4. The van der Waals surface area contributed by atoms with Crippen molar-refractivity contribution in [1.29, 1.82) is 0 Å². The Kier molecular flexibility index (Phi) is 18.2. The van der Waals surface area contributed by atoms with Crippen LogP contribution in [0, 0.1) is 120 Å². The lowest BCUT2D eigenvalue weighted by Gasteiger charge is -2.44. The van der Waals surface area contributed by atoms with Gasteiger partial charge in [-0.3, -0.25) is 38.4 Å². The van der Waals surface area contributed by atoms with Gasteiger partial charge < -0.3 is 90.5 Å². The minimum absolute atomic E-state index is 0.00457. The second kappa shape index (κ2) is 27.0. The zero-order chi connectivity index (χ0) is 85.5. The number of nitrogens with zero attached hydrogens (tertiary/aromatic N) is 1. The van der Waals surface area contributed by atoms with Gasteiger partial charge in [0.25, 0.3) is 0 Å². The number of carbonyl (C=O) groups excluding carboxylic acids is 8. The largest absolute Gasteiger partial charge is 0.455 e. The van der Waals surface area contributed by atoms with Crippen molar-refractivity contribution in [3.05, 3.63) is 131 Å². The number of morpholine rings is 1. The first-order chi connectivity index (χ1) is 57.2. The van der Waals surface area contributed by atoms with Gasteiger partial charge in [-0.05, 0) is 254 Å². The van der Waals surface area contributed by atoms with Gasteiger partial charge >= 0.3 is 23.9 Å². The molecule has 1 aromatic carbocycles. The van der Waals surface area contributed by atoms with Gasteiger partial charge in [0, 0.05) is 68.1 Å². The molecule has 4 amide bonds. The second-order valence-electron chi connectivity index (χ2n) is 41.9. The highest BCUT2D eigenvalue weighted by atomic mass is 19.1. The third kappa shape index (κ3) is 10.7. The Labute approximate surface area is 702 Å². The van der Waals surface area contributed by atoms with E-state index in [1.807, 2.05) is 29.2 Å². The van der Waals surface area contributed by atoms with Crippen LogP contribution in [0.2, 0.25) is 0 Å². The number of allylic oxidation sites excluding steroid dienone is 4. The second-order valence-corrected chi connectivity index (χ2v) is 41.9. The molecule has 27 heteroatoms. The monoisotopic (exact) mass is 1670 g/mol. The molecular weight excluding hydrogens is 1560 g/mol. The molecule has 0 unspecified atom stereocenters. The average molecular weight is 1670 g/mol. The van der Waals surface area contributed by atoms with Gasteiger partial charge in [-0.2, -0.15) is 0 Å². The molecule has 5 heterocycles. The van der Waals surface area contributed by atoms with E-state index in [4.69, 9.17) is 28.8 Å². The van der Waals surface area contributed by atoms with E-state index in [9.17, 15) is 83.6 Å². The van der Waals surface area contributed by atoms with Crippen LogP contribution in [0.25, 0.3) is 0 Å². The Morgan fingerprint density at radius 3 is 1.15 bits per heavy atom. The van der Waals surface area contributed by atoms with Crippen LogP contribution in [0.15, 0.2) is 119 Å². The number of nitrogens with one attached hydrogen (secondary N) is 3. The van der Waals surface area contributed by atoms with Gasteiger partial charge in [-0.15, -0.1) is 0 Å². The Bertz CT molecular complexity index is 4930. The summed E-state index contributed by atoms with van der Waals surface area (Å²) >= 11 is 0. The minimum Gasteiger partial charge on any atom is -0.455 e. The number of halogens is 1. The van der Waals surface area contributed by atoms with E-state index in [0.29, 0.717) is 135 Å². The van der Waals surface area contributed by atoms with E-state index in [1.165, 1.54) is 6.07 Å². The van der Waals surface area contributed by atoms with Crippen LogP contribution in [-0.2, 0) is 68.6 Å². The number of esters is 4. The number of amides is 4. The first kappa shape index (κ1) is 81.8. The molecule has 4 spiro atoms. The quantitative estimate of drug-likeness (QED) is 0.0582. The van der Waals surface area contributed by atoms with Crippen molar-refractivity contribution in [1.82, 2.24) is 20.9 Å². The van der Waals surface area contributed by atoms with Gasteiger partial charge in [0.05, 0.1) is 59.3 Å². The molecule has 650 valence electrons. The molecule has 22 aliphatic rings. The lowest BCUT2D eigenvalue weighted by molar-refractivity contribution is -0.157. The molecule has 5 saturated heterocycles. The lowest BCUT2D eigenvalue weighted by Crippen LogP contribution is -2.54. The normalized spacial score (nSPS) is 49.2. The standard InChI is InChI=1S/C26H28FNO5.C23H29NO6.C23H31NO6.C22H27NO5/c1-13-10-25-12-26(13,32)8-7-16(25)15-9-18-21(29)24(2,23(31)33-18)19(15)20(25)22(30)28-11-14-5-3-4-6-17(14)27;1-12-10-22-11-23(12,28)4-3-14(22)13-9-15-18(25)21(2,20(27)30-15)16(13)17(22)19(26)24-5-7-29-8-6-24;1-12-10-22-11-23(12,29)6-5-14(22)13-9-15-18(26)21(2,20(28)30-15)16(13)17(22)19(27)24-7-3-4-8-25;1-10-8-21-9-22(10,27)6-5-13(21)12-7-14-17(24)20(2,19(26)28-14)15(12)16(21)18(25)23-11-3-4-11/h3-6,9,16,18-21,29,32H,1,7-8,10-12H2,2H3,(H,28,30);9,14-18,25,28H,1,3-8,10-11H2,2H3;9,14-18,25-26,29H,1,3-8,10-11H2,2H3,(H,24,27);7,11,13-17,24,27H,1,3-6,8-9H2,2H3,(H,23,25)/t16-,18+,19+,20+,21-,24-,25-,26-;2*14-,15+,16+,17+,18-,21-,22-,23-;13-,14+,15+,16+,17-,20-,21-,22-/m0000/s1. The molecule has 23 rings (SSSR count). The first-order valence-corrected chi connectivity index (χ1v) is 44.4. The first-order valence-electron chi connectivity index (χ1n) is 44.4. The Morgan fingerprint density at radius 1 is 0.471 bits per heavy atom. The number of aliphatic hydroxyl groups is 9. The van der Waals surface area contributed by atoms with Crippen molar-refractivity contribution < 1.29 is 112 Å². The molecule has 32 atom stereocenters. The SMILES string of the molecule is C=C1C[C@]23C[C@@]1(O)CC[C@H]2C1=C[C@H]2OC(=O)[C@@](C)([C@H]1[C@@H]3C(=O)N1CCOCC1)[C@H]2O.C=C1C[C@]23C[C@@]1(O)CC[C@H]2C1=C[C@H]2OC(=O)[C@@](C)([C@H]1[C@@H]3C(=O)NC1CC1)[C@H]2O.C=C1C[C@]23C[C@@]1(O)CC[C@H]2C1=C[C@H]2OC(=O)[C@@](C)([C@H]1[C@@H]3C(=O)NCCCCO)[C@H]2O.C=C1C[C@]23C[C@@]1(O)CC[C@H]2C1=C[C@H]2OC(=O)[C@@](C)([C@H]1[C@@H]3C(=O)NCc1ccccc1F)[C@H]2O. The molecule has 16 bridgehead atoms. The molecule has 17 aliphatic carbocycles. The maximum atomic E-state index is 14.2. The summed E-state index contributed by atoms with van der Waals surface area (Å²) in [5.74, 6) is -6.27. The topological polar surface area (TPSA) is 404 Å². The number of unbranched alkanes of at least 4 members (excludes halogenated alkanes) is 1. The summed E-state index contributed by atoms with van der Waals surface area (Å²) in [6, 6.07) is 6.50. The minimum atomic E-state index is -1.25. The van der Waals surface area contributed by atoms with Gasteiger partial charge in [-0.25, -0.2) is 4.39 Å². The van der Waals surface area contributed by atoms with Crippen LogP contribution in [0.4, 0.5) is 4.39 Å². The molecule has 5 aliphatic heterocycles. The predicted octanol–water partition coefficient (Wildman–Crippen LogP) is 5.25. The summed E-state index contributed by atoms with van der Waals surface area (Å²) in [6.07, 6.45) is 13.8. The van der Waals surface area contributed by atoms with Crippen LogP contribution < -0.4 is 16.0 Å². The highest BCUT2D eigenvalue weighted by molar-refractivity contribution is 5.92. The fourth-order valence-corrected chi connectivity index (χ4v) is 30.5. The van der Waals surface area contributed by atoms with E-state index >= 15 is 0 Å². The highest BCUT2D eigenvalue weighted by Crippen LogP contribution is 2.80. The molecule has 1 aromatic rings. The highest BCUT2D eigenvalue weighted by Gasteiger charge is 2.81. The molecule has 12 N–H and O–H groups in total. The zero-order valence-corrected chi connectivity index (χ0v) is 69.3. The predicted molar refractivity (Wildman–Crippen MR) is 426 cm³/mol. The fourth-order valence-electron chi connectivity index (χ4n) is 30.5. The number of rotatable bonds is 11. The van der Waals surface area contributed by atoms with Gasteiger partial charge in [-0.1, -0.05) is 66.8 Å². The van der Waals surface area contributed by atoms with Crippen molar-refractivity contribution in [2.45, 2.75) is 240 Å². The molecule has 0 aromatic heterocycles. The van der Waals surface area contributed by atoms with Crippen LogP contribution in [-0.4, -0.2) is 215 Å². The lowest BCUT2D eigenvalue weighted by atomic mass is 9.60. The summed E-state index contributed by atoms with van der Waals surface area (Å²) in [5.41, 5.74) is -2.75. The van der Waals surface area contributed by atoms with Crippen molar-refractivity contribution >= 4 is 47.5 Å². The summed E-state index contributed by atoms with van der Waals surface area (Å²) in [7, 11) is 0. The molecule has 18 fully saturated rings. The Balaban J connectivity index is 0.000000103. The van der Waals surface area contributed by atoms with Crippen molar-refractivity contribution in [3.8, 4) is 0 Å². The number of aliphatic hydroxyl groups excluding tert-OH is 5. The zero-order valence-electron chi connectivity index (χ0n) is 69.3. The molecule has 0 radical (unpaired) electrons. The van der Waals surface area contributed by atoms with E-state index in [0.717, 1.165) is 76.7 Å². The molecule has 121 heavy (non-hydrogen) atoms. The van der Waals surface area contributed by atoms with Crippen LogP contribution in [0.5, 0.6) is 0 Å². The van der Waals surface area contributed by atoms with E-state index in [-0.39, 0.29) is 72.4 Å². The van der Waals surface area contributed by atoms with Gasteiger partial charge in [0.2, 0.25) is 23.6 Å². The van der Waals surface area contributed by atoms with Crippen molar-refractivity contribution in [2.24, 2.45) is 114 Å². The number of hydrogen-bond acceptors (Lipinski definition) is 22. The van der Waals surface area contributed by atoms with E-state index in [1.54, 1.807) is 45.9 Å². The Hall–Kier alpha value is -7.57. The summed E-state index contributed by atoms with van der Waals surface area (Å²) in [6.45, 7) is 26.2. The molecule has 13 saturated carbocycles. The summed E-state index contributed by atoms with van der Waals surface area (Å²) in [5, 5.41) is 107. The third-order valence-electron chi connectivity index (χ3n) is 36.4. The van der Waals surface area contributed by atoms with Crippen LogP contribution >= 0.6 is 0 Å². The smallest absolute Gasteiger partial charge is 0.315 e. The summed E-state index contributed by atoms with van der Waals surface area (Å²) in [4.78, 5) is 109. The average Bonchev–Trinajstić information content (AvgIpc) is 1.52. The molecular formula is C94H115FN4O22. The number of carbonyl (C=O) groups is 8. The van der Waals surface area contributed by atoms with Gasteiger partial charge in [0.15, 0.2) is 0 Å². The van der Waals surface area contributed by atoms with E-state index in [2.05, 4.69) is 42.3 Å². The van der Waals surface area contributed by atoms with E-state index < -0.39 is 186 Å². The maximum absolute atomic E-state index is 14.2. The van der Waals surface area contributed by atoms with Gasteiger partial charge in [0.1, 0.15) is 76.3 Å². The number of fused-ring (bicyclic) bond motifs is 24. The fraction of sp³-hybridized carbons (Fsp3) is 0.681. The number of benzene rings is 1. The number of hydrogen-bond donors (Lipinski definition) is 12. The number of ether oxygens (including phenoxy) is 5. The van der Waals surface area contributed by atoms with Crippen LogP contribution in [0.1, 0.15) is 162 Å². The van der Waals surface area contributed by atoms with Crippen molar-refractivity contribution in [3.63, 3.8) is 0 Å².